The van der Waals surface area contributed by atoms with Crippen LogP contribution in [0.2, 0.25) is 0 Å². The Morgan fingerprint density at radius 3 is 2.67 bits per heavy atom. The van der Waals surface area contributed by atoms with Crippen molar-refractivity contribution < 1.29 is 28.6 Å². The van der Waals surface area contributed by atoms with Crippen molar-refractivity contribution in [3.8, 4) is 12.3 Å². The molecule has 2 aromatic heterocycles. The van der Waals surface area contributed by atoms with E-state index in [4.69, 9.17) is 15.9 Å². The first kappa shape index (κ1) is 29.1. The number of carbonyl (C=O) groups is 2. The normalized spacial score (nSPS) is 20.4. The number of benzene rings is 1. The van der Waals surface area contributed by atoms with E-state index in [-0.39, 0.29) is 41.3 Å². The Labute approximate surface area is 232 Å². The Hall–Kier alpha value is -3.88. The highest BCUT2D eigenvalue weighted by atomic mass is 19.1. The van der Waals surface area contributed by atoms with Crippen molar-refractivity contribution in [1.29, 1.82) is 0 Å². The summed E-state index contributed by atoms with van der Waals surface area (Å²) in [5, 5.41) is 13.4. The molecule has 10 nitrogen and oxygen atoms in total. The number of esters is 1. The molecule has 1 aliphatic rings. The van der Waals surface area contributed by atoms with E-state index in [2.05, 4.69) is 33.1 Å². The van der Waals surface area contributed by atoms with Crippen molar-refractivity contribution in [2.75, 3.05) is 5.32 Å². The third kappa shape index (κ3) is 6.46. The summed E-state index contributed by atoms with van der Waals surface area (Å²) < 4.78 is 27.2. The summed E-state index contributed by atoms with van der Waals surface area (Å²) in [4.78, 5) is 37.2. The fraction of sp³-hybridized carbons (Fsp3) is 0.483. The minimum atomic E-state index is -2.08. The highest BCUT2D eigenvalue weighted by Gasteiger charge is 2.52. The van der Waals surface area contributed by atoms with Gasteiger partial charge in [0, 0.05) is 12.8 Å². The maximum Gasteiger partial charge on any atom is 0.341 e. The van der Waals surface area contributed by atoms with Crippen LogP contribution in [0.4, 0.5) is 10.2 Å². The zero-order valence-electron chi connectivity index (χ0n) is 22.7. The van der Waals surface area contributed by atoms with Crippen LogP contribution in [-0.4, -0.2) is 48.4 Å². The monoisotopic (exact) mass is 551 g/mol. The number of amides is 1. The van der Waals surface area contributed by atoms with Gasteiger partial charge in [-0.15, -0.1) is 6.42 Å². The Morgan fingerprint density at radius 1 is 1.23 bits per heavy atom. The van der Waals surface area contributed by atoms with Gasteiger partial charge in [-0.25, -0.2) is 9.78 Å². The maximum atomic E-state index is 14.4. The number of imidazole rings is 1. The Bertz CT molecular complexity index is 1400. The molecule has 0 bridgehead atoms. The summed E-state index contributed by atoms with van der Waals surface area (Å²) in [6.07, 6.45) is 11.2. The summed E-state index contributed by atoms with van der Waals surface area (Å²) in [6.45, 7) is 3.91. The Kier molecular flexibility index (Phi) is 9.45. The number of aliphatic hydroxyl groups excluding tert-OH is 1. The zero-order valence-corrected chi connectivity index (χ0v) is 22.7. The lowest BCUT2D eigenvalue weighted by Crippen LogP contribution is -2.42. The molecule has 0 aliphatic carbocycles. The number of aryl methyl sites for hydroxylation is 1. The number of fused-ring (bicyclic) bond motifs is 1. The summed E-state index contributed by atoms with van der Waals surface area (Å²) in [5.74, 6) is -0.950. The number of carbonyl (C=O) groups excluding carboxylic acids is 2. The molecule has 2 N–H and O–H groups in total. The number of unbranched alkanes of at least 4 members (excludes halogenated alkanes) is 6. The molecule has 3 atom stereocenters. The Balaban J connectivity index is 1.46. The first-order valence-electron chi connectivity index (χ1n) is 13.6. The molecule has 0 unspecified atom stereocenters. The summed E-state index contributed by atoms with van der Waals surface area (Å²) in [5.41, 5.74) is 1.10. The van der Waals surface area contributed by atoms with Crippen LogP contribution in [-0.2, 0) is 14.3 Å². The maximum absolute atomic E-state index is 14.4. The molecule has 1 saturated heterocycles. The highest BCUT2D eigenvalue weighted by molar-refractivity contribution is 5.96. The standard InChI is InChI=1S/C29H34FN5O5/c1-4-6-7-8-9-10-11-16-22(37)32-25-24-26(34-28(30)33-25)35(18-31-24)23-17-21(36)29(5-2,39-23)40-27(38)20-15-13-12-14-19(20)3/h2,12-15,18,21,23,36H,4,6-11,16-17H2,1,3H3,(H,32,33,34,37)/t21-,23+,29+/m0/s1. The van der Waals surface area contributed by atoms with Crippen molar-refractivity contribution in [1.82, 2.24) is 19.5 Å². The topological polar surface area (TPSA) is 128 Å². The van der Waals surface area contributed by atoms with Gasteiger partial charge in [-0.2, -0.15) is 14.4 Å². The van der Waals surface area contributed by atoms with Gasteiger partial charge in [0.05, 0.1) is 11.9 Å². The van der Waals surface area contributed by atoms with E-state index in [0.717, 1.165) is 19.3 Å². The average molecular weight is 552 g/mol. The third-order valence-corrected chi connectivity index (χ3v) is 6.95. The number of halogens is 1. The summed E-state index contributed by atoms with van der Waals surface area (Å²) >= 11 is 0. The van der Waals surface area contributed by atoms with Crippen molar-refractivity contribution in [3.05, 3.63) is 47.8 Å². The van der Waals surface area contributed by atoms with Gasteiger partial charge in [0.1, 0.15) is 12.3 Å². The zero-order chi connectivity index (χ0) is 28.7. The molecule has 1 amide bonds. The van der Waals surface area contributed by atoms with Gasteiger partial charge in [-0.05, 0) is 30.9 Å². The fourth-order valence-electron chi connectivity index (χ4n) is 4.72. The highest BCUT2D eigenvalue weighted by Crippen LogP contribution is 2.39. The van der Waals surface area contributed by atoms with Gasteiger partial charge >= 0.3 is 17.8 Å². The predicted molar refractivity (Wildman–Crippen MR) is 145 cm³/mol. The second-order valence-electron chi connectivity index (χ2n) is 9.93. The number of nitrogens with zero attached hydrogens (tertiary/aromatic N) is 4. The lowest BCUT2D eigenvalue weighted by Gasteiger charge is -2.26. The molecule has 0 radical (unpaired) electrons. The number of hydrogen-bond acceptors (Lipinski definition) is 8. The summed E-state index contributed by atoms with van der Waals surface area (Å²) in [7, 11) is 0. The molecule has 4 rings (SSSR count). The summed E-state index contributed by atoms with van der Waals surface area (Å²) in [6, 6.07) is 6.77. The lowest BCUT2D eigenvalue weighted by atomic mass is 10.1. The van der Waals surface area contributed by atoms with Crippen LogP contribution in [0.1, 0.15) is 86.9 Å². The quantitative estimate of drug-likeness (QED) is 0.142. The van der Waals surface area contributed by atoms with Gasteiger partial charge in [0.15, 0.2) is 17.0 Å². The number of nitrogens with one attached hydrogen (secondary N) is 1. The number of ether oxygens (including phenoxy) is 2. The molecule has 1 aromatic carbocycles. The van der Waals surface area contributed by atoms with Crippen molar-refractivity contribution in [2.45, 2.75) is 89.8 Å². The van der Waals surface area contributed by atoms with Crippen LogP contribution in [0.3, 0.4) is 0 Å². The molecule has 1 fully saturated rings. The SMILES string of the molecule is C#C[C@]1(OC(=O)c2ccccc2C)O[C@@H](n2cnc3c(NC(=O)CCCCCCCCC)nc(F)nc32)C[C@@H]1O. The smallest absolute Gasteiger partial charge is 0.341 e. The second-order valence-corrected chi connectivity index (χ2v) is 9.93. The number of rotatable bonds is 12. The third-order valence-electron chi connectivity index (χ3n) is 6.95. The van der Waals surface area contributed by atoms with Gasteiger partial charge in [-0.3, -0.25) is 9.36 Å². The van der Waals surface area contributed by atoms with Gasteiger partial charge in [0.25, 0.3) is 0 Å². The molecule has 3 aromatic rings. The van der Waals surface area contributed by atoms with Crippen LogP contribution in [0, 0.1) is 25.3 Å². The first-order valence-corrected chi connectivity index (χ1v) is 13.6. The fourth-order valence-corrected chi connectivity index (χ4v) is 4.72. The second kappa shape index (κ2) is 13.0. The molecule has 0 spiro atoms. The van der Waals surface area contributed by atoms with Crippen molar-refractivity contribution >= 4 is 28.9 Å². The van der Waals surface area contributed by atoms with Gasteiger partial charge < -0.3 is 19.9 Å². The molecule has 1 aliphatic heterocycles. The van der Waals surface area contributed by atoms with E-state index in [9.17, 15) is 19.1 Å². The van der Waals surface area contributed by atoms with Crippen molar-refractivity contribution in [2.24, 2.45) is 0 Å². The van der Waals surface area contributed by atoms with Crippen molar-refractivity contribution in [3.63, 3.8) is 0 Å². The van der Waals surface area contributed by atoms with E-state index in [0.29, 0.717) is 12.0 Å². The Morgan fingerprint density at radius 2 is 1.95 bits per heavy atom. The molecule has 3 heterocycles. The predicted octanol–water partition coefficient (Wildman–Crippen LogP) is 4.82. The number of anilines is 1. The van der Waals surface area contributed by atoms with E-state index >= 15 is 0 Å². The first-order chi connectivity index (χ1) is 19.3. The largest absolute Gasteiger partial charge is 0.415 e. The van der Waals surface area contributed by atoms with Gasteiger partial charge in [0.2, 0.25) is 5.91 Å². The lowest BCUT2D eigenvalue weighted by molar-refractivity contribution is -0.197. The minimum Gasteiger partial charge on any atom is -0.415 e. The number of hydrogen-bond donors (Lipinski definition) is 2. The van der Waals surface area contributed by atoms with Gasteiger partial charge in [-0.1, -0.05) is 63.6 Å². The molecule has 212 valence electrons. The number of aromatic nitrogens is 4. The number of aliphatic hydroxyl groups is 1. The van der Waals surface area contributed by atoms with Crippen LogP contribution in [0.25, 0.3) is 11.2 Å². The molecule has 40 heavy (non-hydrogen) atoms. The van der Waals surface area contributed by atoms with Crippen LogP contribution < -0.4 is 5.32 Å². The average Bonchev–Trinajstić information content (AvgIpc) is 3.49. The molecular formula is C29H34FN5O5. The van der Waals surface area contributed by atoms with E-state index in [1.165, 1.54) is 30.2 Å². The molecular weight excluding hydrogens is 517 g/mol. The van der Waals surface area contributed by atoms with E-state index in [1.54, 1.807) is 31.2 Å². The molecule has 0 saturated carbocycles. The van der Waals surface area contributed by atoms with Crippen LogP contribution in [0.15, 0.2) is 30.6 Å². The van der Waals surface area contributed by atoms with E-state index in [1.807, 2.05) is 0 Å². The van der Waals surface area contributed by atoms with Crippen LogP contribution in [0.5, 0.6) is 0 Å². The van der Waals surface area contributed by atoms with Crippen LogP contribution >= 0.6 is 0 Å². The number of terminal acetylenes is 1. The van der Waals surface area contributed by atoms with E-state index < -0.39 is 30.2 Å². The minimum absolute atomic E-state index is 0.0222. The molecule has 11 heteroatoms.